The molecule has 1 saturated heterocycles. The summed E-state index contributed by atoms with van der Waals surface area (Å²) in [6, 6.07) is 7.61. The van der Waals surface area contributed by atoms with E-state index in [1.807, 2.05) is 64.0 Å². The Morgan fingerprint density at radius 2 is 1.68 bits per heavy atom. The summed E-state index contributed by atoms with van der Waals surface area (Å²) in [6.07, 6.45) is 1.19. The number of nitrogens with zero attached hydrogens (tertiary/aromatic N) is 2. The molecular weight excluding hydrogens is 318 g/mol. The zero-order valence-electron chi connectivity index (χ0n) is 15.8. The zero-order chi connectivity index (χ0) is 18.6. The summed E-state index contributed by atoms with van der Waals surface area (Å²) in [6.45, 7) is 6.77. The minimum Gasteiger partial charge on any atom is -0.444 e. The molecule has 1 heterocycles. The number of piperidine rings is 1. The first-order valence-corrected chi connectivity index (χ1v) is 8.72. The van der Waals surface area contributed by atoms with Crippen molar-refractivity contribution in [2.45, 2.75) is 45.3 Å². The Morgan fingerprint density at radius 3 is 2.16 bits per heavy atom. The van der Waals surface area contributed by atoms with E-state index < -0.39 is 5.60 Å². The molecule has 0 aliphatic carbocycles. The summed E-state index contributed by atoms with van der Waals surface area (Å²) >= 11 is 0. The van der Waals surface area contributed by atoms with Gasteiger partial charge in [-0.3, -0.25) is 4.79 Å². The van der Waals surface area contributed by atoms with Crippen molar-refractivity contribution < 1.29 is 14.3 Å². The van der Waals surface area contributed by atoms with Crippen molar-refractivity contribution in [1.29, 1.82) is 0 Å². The maximum absolute atomic E-state index is 12.4. The topological polar surface area (TPSA) is 61.9 Å². The van der Waals surface area contributed by atoms with Crippen molar-refractivity contribution in [2.24, 2.45) is 0 Å². The third-order valence-electron chi connectivity index (χ3n) is 4.13. The molecule has 0 aromatic heterocycles. The number of likely N-dealkylation sites (tertiary alicyclic amines) is 1. The Balaban J connectivity index is 1.83. The number of ether oxygens (including phenoxy) is 1. The fraction of sp³-hybridized carbons (Fsp3) is 0.579. The molecule has 1 aromatic rings. The van der Waals surface area contributed by atoms with Gasteiger partial charge in [-0.05, 0) is 57.9 Å². The average molecular weight is 347 g/mol. The lowest BCUT2D eigenvalue weighted by atomic mass is 10.0. The fourth-order valence-electron chi connectivity index (χ4n) is 2.71. The lowest BCUT2D eigenvalue weighted by Gasteiger charge is -2.33. The minimum atomic E-state index is -0.485. The highest BCUT2D eigenvalue weighted by molar-refractivity contribution is 5.94. The van der Waals surface area contributed by atoms with Crippen LogP contribution in [0.5, 0.6) is 0 Å². The SMILES string of the molecule is CN(C)c1ccc(C(=O)NC2CCN(C(=O)OC(C)(C)C)CC2)cc1. The monoisotopic (exact) mass is 347 g/mol. The second kappa shape index (κ2) is 7.76. The van der Waals surface area contributed by atoms with Gasteiger partial charge in [0.15, 0.2) is 0 Å². The molecule has 0 atom stereocenters. The zero-order valence-corrected chi connectivity index (χ0v) is 15.8. The van der Waals surface area contributed by atoms with Crippen LogP contribution in [-0.4, -0.2) is 55.7 Å². The van der Waals surface area contributed by atoms with Gasteiger partial charge in [0.1, 0.15) is 5.60 Å². The van der Waals surface area contributed by atoms with E-state index in [1.165, 1.54) is 0 Å². The molecular formula is C19H29N3O3. The predicted octanol–water partition coefficient (Wildman–Crippen LogP) is 2.88. The van der Waals surface area contributed by atoms with Crippen LogP contribution in [0.25, 0.3) is 0 Å². The third-order valence-corrected chi connectivity index (χ3v) is 4.13. The van der Waals surface area contributed by atoms with E-state index in [2.05, 4.69) is 5.32 Å². The van der Waals surface area contributed by atoms with Crippen LogP contribution in [0.4, 0.5) is 10.5 Å². The first kappa shape index (κ1) is 19.1. The van der Waals surface area contributed by atoms with Crippen molar-refractivity contribution in [1.82, 2.24) is 10.2 Å². The van der Waals surface area contributed by atoms with Gasteiger partial charge in [-0.15, -0.1) is 0 Å². The van der Waals surface area contributed by atoms with Crippen LogP contribution >= 0.6 is 0 Å². The molecule has 1 fully saturated rings. The number of hydrogen-bond acceptors (Lipinski definition) is 4. The van der Waals surface area contributed by atoms with E-state index in [-0.39, 0.29) is 18.0 Å². The Labute approximate surface area is 150 Å². The highest BCUT2D eigenvalue weighted by Gasteiger charge is 2.27. The molecule has 0 radical (unpaired) electrons. The number of hydrogen-bond donors (Lipinski definition) is 1. The summed E-state index contributed by atoms with van der Waals surface area (Å²) in [5.41, 5.74) is 1.23. The summed E-state index contributed by atoms with van der Waals surface area (Å²) in [5, 5.41) is 3.06. The van der Waals surface area contributed by atoms with E-state index >= 15 is 0 Å². The second-order valence-corrected chi connectivity index (χ2v) is 7.66. The number of carbonyl (C=O) groups excluding carboxylic acids is 2. The van der Waals surface area contributed by atoms with Crippen molar-refractivity contribution in [3.63, 3.8) is 0 Å². The molecule has 1 aliphatic heterocycles. The first-order valence-electron chi connectivity index (χ1n) is 8.72. The summed E-state index contributed by atoms with van der Waals surface area (Å²) in [7, 11) is 3.93. The van der Waals surface area contributed by atoms with Crippen molar-refractivity contribution >= 4 is 17.7 Å². The molecule has 138 valence electrons. The van der Waals surface area contributed by atoms with Crippen LogP contribution in [0.15, 0.2) is 24.3 Å². The number of benzene rings is 1. The van der Waals surface area contributed by atoms with E-state index in [0.717, 1.165) is 18.5 Å². The summed E-state index contributed by atoms with van der Waals surface area (Å²) < 4.78 is 5.39. The third kappa shape index (κ3) is 5.66. The summed E-state index contributed by atoms with van der Waals surface area (Å²) in [5.74, 6) is -0.0685. The van der Waals surface area contributed by atoms with Crippen LogP contribution in [-0.2, 0) is 4.74 Å². The van der Waals surface area contributed by atoms with Crippen LogP contribution in [0.3, 0.4) is 0 Å². The number of rotatable bonds is 3. The number of nitrogens with one attached hydrogen (secondary N) is 1. The summed E-state index contributed by atoms with van der Waals surface area (Å²) in [4.78, 5) is 28.1. The van der Waals surface area contributed by atoms with Crippen LogP contribution in [0.2, 0.25) is 0 Å². The van der Waals surface area contributed by atoms with Gasteiger partial charge in [0.05, 0.1) is 0 Å². The molecule has 1 N–H and O–H groups in total. The van der Waals surface area contributed by atoms with Gasteiger partial charge >= 0.3 is 6.09 Å². The molecule has 2 rings (SSSR count). The molecule has 2 amide bonds. The fourth-order valence-corrected chi connectivity index (χ4v) is 2.71. The molecule has 6 heteroatoms. The van der Waals surface area contributed by atoms with Crippen LogP contribution < -0.4 is 10.2 Å². The standard InChI is InChI=1S/C19H29N3O3/c1-19(2,3)25-18(24)22-12-10-15(11-13-22)20-17(23)14-6-8-16(9-7-14)21(4)5/h6-9,15H,10-13H2,1-5H3,(H,20,23). The average Bonchev–Trinajstić information content (AvgIpc) is 2.54. The molecule has 0 spiro atoms. The van der Waals surface area contributed by atoms with Gasteiger partial charge in [-0.25, -0.2) is 4.79 Å². The van der Waals surface area contributed by atoms with E-state index in [4.69, 9.17) is 4.74 Å². The Hall–Kier alpha value is -2.24. The molecule has 25 heavy (non-hydrogen) atoms. The Morgan fingerprint density at radius 1 is 1.12 bits per heavy atom. The number of carbonyl (C=O) groups is 2. The van der Waals surface area contributed by atoms with E-state index in [9.17, 15) is 9.59 Å². The quantitative estimate of drug-likeness (QED) is 0.913. The van der Waals surface area contributed by atoms with E-state index in [1.54, 1.807) is 4.90 Å². The smallest absolute Gasteiger partial charge is 0.410 e. The van der Waals surface area contributed by atoms with Gasteiger partial charge in [0.25, 0.3) is 5.91 Å². The molecule has 0 unspecified atom stereocenters. The molecule has 6 nitrogen and oxygen atoms in total. The van der Waals surface area contributed by atoms with Gasteiger partial charge in [-0.1, -0.05) is 0 Å². The lowest BCUT2D eigenvalue weighted by molar-refractivity contribution is 0.0199. The molecule has 1 aliphatic rings. The van der Waals surface area contributed by atoms with Gasteiger partial charge in [0, 0.05) is 44.5 Å². The molecule has 0 saturated carbocycles. The van der Waals surface area contributed by atoms with Gasteiger partial charge < -0.3 is 19.9 Å². The van der Waals surface area contributed by atoms with Crippen LogP contribution in [0, 0.1) is 0 Å². The number of anilines is 1. The second-order valence-electron chi connectivity index (χ2n) is 7.66. The normalized spacial score (nSPS) is 15.6. The maximum atomic E-state index is 12.4. The predicted molar refractivity (Wildman–Crippen MR) is 99.1 cm³/mol. The Bertz CT molecular complexity index is 597. The highest BCUT2D eigenvalue weighted by Crippen LogP contribution is 2.17. The van der Waals surface area contributed by atoms with Crippen LogP contribution in [0.1, 0.15) is 44.0 Å². The van der Waals surface area contributed by atoms with Crippen molar-refractivity contribution in [2.75, 3.05) is 32.1 Å². The molecule has 0 bridgehead atoms. The minimum absolute atomic E-state index is 0.0685. The first-order chi connectivity index (χ1) is 11.7. The van der Waals surface area contributed by atoms with E-state index in [0.29, 0.717) is 18.7 Å². The largest absolute Gasteiger partial charge is 0.444 e. The van der Waals surface area contributed by atoms with Crippen molar-refractivity contribution in [3.05, 3.63) is 29.8 Å². The molecule has 1 aromatic carbocycles. The lowest BCUT2D eigenvalue weighted by Crippen LogP contribution is -2.47. The highest BCUT2D eigenvalue weighted by atomic mass is 16.6. The Kier molecular flexibility index (Phi) is 5.93. The van der Waals surface area contributed by atoms with Gasteiger partial charge in [0.2, 0.25) is 0 Å². The van der Waals surface area contributed by atoms with Crippen molar-refractivity contribution in [3.8, 4) is 0 Å². The van der Waals surface area contributed by atoms with Gasteiger partial charge in [-0.2, -0.15) is 0 Å². The number of amides is 2. The maximum Gasteiger partial charge on any atom is 0.410 e.